The molecule has 13 aromatic rings. The van der Waals surface area contributed by atoms with Crippen LogP contribution in [0.3, 0.4) is 0 Å². The first-order chi connectivity index (χ1) is 26.3. The van der Waals surface area contributed by atoms with Crippen molar-refractivity contribution in [2.24, 2.45) is 0 Å². The second-order valence-electron chi connectivity index (χ2n) is 14.3. The molecule has 0 saturated carbocycles. The van der Waals surface area contributed by atoms with Crippen LogP contribution >= 0.6 is 0 Å². The van der Waals surface area contributed by atoms with Crippen LogP contribution in [0.4, 0.5) is 0 Å². The molecule has 4 aromatic heterocycles. The van der Waals surface area contributed by atoms with Crippen LogP contribution in [-0.2, 0) is 0 Å². The summed E-state index contributed by atoms with van der Waals surface area (Å²) in [6.07, 6.45) is 0. The minimum atomic E-state index is 0.907. The van der Waals surface area contributed by atoms with Crippen molar-refractivity contribution < 1.29 is 8.83 Å². The molecule has 0 fully saturated rings. The maximum absolute atomic E-state index is 6.70. The van der Waals surface area contributed by atoms with Gasteiger partial charge in [-0.15, -0.1) is 0 Å². The molecule has 4 heterocycles. The highest BCUT2D eigenvalue weighted by Gasteiger charge is 2.26. The summed E-state index contributed by atoms with van der Waals surface area (Å²) in [5.41, 5.74) is 11.9. The van der Waals surface area contributed by atoms with Crippen LogP contribution in [0.2, 0.25) is 0 Å². The predicted molar refractivity (Wildman–Crippen MR) is 222 cm³/mol. The lowest BCUT2D eigenvalue weighted by Crippen LogP contribution is -1.89. The smallest absolute Gasteiger partial charge is 0.143 e. The molecule has 13 rings (SSSR count). The summed E-state index contributed by atoms with van der Waals surface area (Å²) in [5, 5.41) is 14.3. The number of benzene rings is 9. The number of rotatable bonds is 2. The first-order valence-corrected chi connectivity index (χ1v) is 18.2. The number of para-hydroxylation sites is 5. The van der Waals surface area contributed by atoms with E-state index in [2.05, 4.69) is 156 Å². The molecular weight excluding hydrogens is 647 g/mol. The molecule has 0 unspecified atom stereocenters. The molecule has 53 heavy (non-hydrogen) atoms. The number of fused-ring (bicyclic) bond motifs is 14. The number of nitrogens with zero attached hydrogens (tertiary/aromatic N) is 1. The molecule has 0 bridgehead atoms. The second-order valence-corrected chi connectivity index (χ2v) is 14.3. The molecule has 0 atom stereocenters. The second kappa shape index (κ2) is 9.81. The highest BCUT2D eigenvalue weighted by Crippen LogP contribution is 2.51. The van der Waals surface area contributed by atoms with Gasteiger partial charge in [-0.2, -0.15) is 0 Å². The summed E-state index contributed by atoms with van der Waals surface area (Å²) in [6.45, 7) is 0. The molecule has 0 radical (unpaired) electrons. The minimum Gasteiger partial charge on any atom is -0.455 e. The summed E-state index contributed by atoms with van der Waals surface area (Å²) in [4.78, 5) is 0. The topological polar surface area (TPSA) is 30.7 Å². The average molecular weight is 674 g/mol. The molecule has 0 amide bonds. The monoisotopic (exact) mass is 673 g/mol. The van der Waals surface area contributed by atoms with Gasteiger partial charge in [-0.1, -0.05) is 140 Å². The highest BCUT2D eigenvalue weighted by atomic mass is 16.3. The molecule has 0 spiro atoms. The van der Waals surface area contributed by atoms with E-state index in [0.29, 0.717) is 0 Å². The van der Waals surface area contributed by atoms with Crippen LogP contribution in [0.25, 0.3) is 126 Å². The summed E-state index contributed by atoms with van der Waals surface area (Å²) in [5.74, 6) is 0. The van der Waals surface area contributed by atoms with E-state index in [9.17, 15) is 0 Å². The summed E-state index contributed by atoms with van der Waals surface area (Å²) >= 11 is 0. The van der Waals surface area contributed by atoms with Crippen molar-refractivity contribution in [2.75, 3.05) is 0 Å². The van der Waals surface area contributed by atoms with E-state index in [1.54, 1.807) is 0 Å². The van der Waals surface area contributed by atoms with Gasteiger partial charge in [0, 0.05) is 65.3 Å². The Balaban J connectivity index is 1.24. The number of hydrogen-bond acceptors (Lipinski definition) is 2. The average Bonchev–Trinajstić information content (AvgIpc) is 3.96. The van der Waals surface area contributed by atoms with Crippen LogP contribution < -0.4 is 0 Å². The van der Waals surface area contributed by atoms with Gasteiger partial charge in [-0.05, 0) is 45.8 Å². The van der Waals surface area contributed by atoms with Gasteiger partial charge in [0.1, 0.15) is 22.3 Å². The van der Waals surface area contributed by atoms with E-state index in [0.717, 1.165) is 55.0 Å². The van der Waals surface area contributed by atoms with E-state index < -0.39 is 0 Å². The van der Waals surface area contributed by atoms with Gasteiger partial charge in [0.2, 0.25) is 0 Å². The molecule has 0 aliphatic rings. The summed E-state index contributed by atoms with van der Waals surface area (Å²) in [6, 6.07) is 59.1. The zero-order valence-corrected chi connectivity index (χ0v) is 28.4. The lowest BCUT2D eigenvalue weighted by molar-refractivity contribution is 0.669. The Labute approximate surface area is 301 Å². The minimum absolute atomic E-state index is 0.907. The largest absolute Gasteiger partial charge is 0.455 e. The number of aromatic nitrogens is 1. The van der Waals surface area contributed by atoms with Crippen molar-refractivity contribution in [1.29, 1.82) is 0 Å². The Bertz CT molecular complexity index is 3450. The number of furan rings is 2. The molecule has 0 aliphatic heterocycles. The quantitative estimate of drug-likeness (QED) is 0.183. The van der Waals surface area contributed by atoms with Crippen molar-refractivity contribution in [2.45, 2.75) is 0 Å². The third-order valence-electron chi connectivity index (χ3n) is 11.7. The first kappa shape index (κ1) is 27.6. The van der Waals surface area contributed by atoms with Crippen molar-refractivity contribution in [3.05, 3.63) is 164 Å². The van der Waals surface area contributed by atoms with Gasteiger partial charge >= 0.3 is 0 Å². The molecule has 0 N–H and O–H groups in total. The van der Waals surface area contributed by atoms with E-state index in [-0.39, 0.29) is 0 Å². The van der Waals surface area contributed by atoms with Crippen LogP contribution in [-0.4, -0.2) is 4.40 Å². The molecule has 9 aromatic carbocycles. The fraction of sp³-hybridized carbons (Fsp3) is 0. The molecule has 3 nitrogen and oxygen atoms in total. The molecule has 0 saturated heterocycles. The van der Waals surface area contributed by atoms with Crippen LogP contribution in [0.15, 0.2) is 173 Å². The van der Waals surface area contributed by atoms with Gasteiger partial charge in [-0.25, -0.2) is 0 Å². The lowest BCUT2D eigenvalue weighted by atomic mass is 9.90. The standard InChI is InChI=1S/C50H27NO2/c1-3-14-30-28(12-1)26-40-46(44(30)38-22-9-18-34-32-16-5-7-24-42(32)52-49(34)38)36-20-11-21-37-47-41(51(40)48(36)37)27-29-13-2-4-15-31(29)45(47)39-23-10-19-35-33-17-6-8-25-43(33)53-50(35)39/h1-27H. The van der Waals surface area contributed by atoms with Crippen molar-refractivity contribution in [3.8, 4) is 22.3 Å². The Kier molecular flexibility index (Phi) is 5.11. The molecular formula is C50H27NO2. The SMILES string of the molecule is c1ccc2c(-c3cccc4c3oc3ccccc34)c3c4cccc5c6c(-c7cccc8c7oc7ccccc78)c7ccccc7cc6n(c3cc2c1)c45. The van der Waals surface area contributed by atoms with Gasteiger partial charge in [0.05, 0.1) is 16.6 Å². The molecule has 244 valence electrons. The van der Waals surface area contributed by atoms with Gasteiger partial charge in [0.25, 0.3) is 0 Å². The Hall–Kier alpha value is -7.10. The maximum atomic E-state index is 6.70. The Morgan fingerprint density at radius 3 is 1.25 bits per heavy atom. The van der Waals surface area contributed by atoms with E-state index in [1.807, 2.05) is 12.1 Å². The fourth-order valence-electron chi connectivity index (χ4n) is 9.57. The first-order valence-electron chi connectivity index (χ1n) is 18.2. The third kappa shape index (κ3) is 3.44. The molecule has 3 heteroatoms. The van der Waals surface area contributed by atoms with Gasteiger partial charge in [0.15, 0.2) is 0 Å². The van der Waals surface area contributed by atoms with Crippen LogP contribution in [0.5, 0.6) is 0 Å². The Morgan fingerprint density at radius 2 is 0.736 bits per heavy atom. The van der Waals surface area contributed by atoms with E-state index in [4.69, 9.17) is 8.83 Å². The third-order valence-corrected chi connectivity index (χ3v) is 11.7. The van der Waals surface area contributed by atoms with Crippen LogP contribution in [0.1, 0.15) is 0 Å². The summed E-state index contributed by atoms with van der Waals surface area (Å²) < 4.78 is 15.9. The Morgan fingerprint density at radius 1 is 0.340 bits per heavy atom. The lowest BCUT2D eigenvalue weighted by Gasteiger charge is -2.13. The molecule has 0 aliphatic carbocycles. The van der Waals surface area contributed by atoms with E-state index >= 15 is 0 Å². The maximum Gasteiger partial charge on any atom is 0.143 e. The zero-order valence-electron chi connectivity index (χ0n) is 28.4. The zero-order chi connectivity index (χ0) is 34.4. The van der Waals surface area contributed by atoms with Gasteiger partial charge < -0.3 is 13.2 Å². The predicted octanol–water partition coefficient (Wildman–Crippen LogP) is 14.3. The van der Waals surface area contributed by atoms with Gasteiger partial charge in [-0.3, -0.25) is 0 Å². The number of hydrogen-bond donors (Lipinski definition) is 0. The summed E-state index contributed by atoms with van der Waals surface area (Å²) in [7, 11) is 0. The normalized spacial score (nSPS) is 12.5. The van der Waals surface area contributed by atoms with Crippen molar-refractivity contribution in [1.82, 2.24) is 4.40 Å². The highest BCUT2D eigenvalue weighted by molar-refractivity contribution is 6.34. The van der Waals surface area contributed by atoms with Crippen molar-refractivity contribution in [3.63, 3.8) is 0 Å². The van der Waals surface area contributed by atoms with Crippen LogP contribution in [0, 0.1) is 0 Å². The van der Waals surface area contributed by atoms with E-state index in [1.165, 1.54) is 70.8 Å². The fourth-order valence-corrected chi connectivity index (χ4v) is 9.57. The van der Waals surface area contributed by atoms with Crippen molar-refractivity contribution >= 4 is 104 Å².